The zero-order valence-corrected chi connectivity index (χ0v) is 16.2. The Hall–Kier alpha value is -1.55. The van der Waals surface area contributed by atoms with Gasteiger partial charge in [-0.05, 0) is 45.2 Å². The van der Waals surface area contributed by atoms with Crippen LogP contribution < -0.4 is 16.0 Å². The van der Waals surface area contributed by atoms with Crippen LogP contribution in [0.5, 0.6) is 0 Å². The lowest BCUT2D eigenvalue weighted by molar-refractivity contribution is -0.148. The maximum atomic E-state index is 12.4. The van der Waals surface area contributed by atoms with Gasteiger partial charge in [-0.15, -0.1) is 0 Å². The van der Waals surface area contributed by atoms with E-state index in [9.17, 15) is 18.0 Å². The molecule has 1 aliphatic heterocycles. The van der Waals surface area contributed by atoms with E-state index in [4.69, 9.17) is 4.74 Å². The Kier molecular flexibility index (Phi) is 11.1. The predicted octanol–water partition coefficient (Wildman–Crippen LogP) is 0.969. The van der Waals surface area contributed by atoms with E-state index in [0.29, 0.717) is 51.2 Å². The first-order chi connectivity index (χ1) is 12.8. The first-order valence-electron chi connectivity index (χ1n) is 9.41. The van der Waals surface area contributed by atoms with Gasteiger partial charge in [0.05, 0.1) is 13.2 Å². The minimum atomic E-state index is -4.12. The lowest BCUT2D eigenvalue weighted by Gasteiger charge is -2.32. The van der Waals surface area contributed by atoms with Gasteiger partial charge in [0.15, 0.2) is 5.96 Å². The quantitative estimate of drug-likeness (QED) is 0.292. The van der Waals surface area contributed by atoms with Gasteiger partial charge in [0.1, 0.15) is 6.54 Å². The number of ether oxygens (including phenoxy) is 1. The lowest BCUT2D eigenvalue weighted by Crippen LogP contribution is -2.42. The van der Waals surface area contributed by atoms with E-state index in [0.717, 1.165) is 19.3 Å². The number of carbonyl (C=O) groups is 1. The second-order valence-electron chi connectivity index (χ2n) is 6.59. The zero-order valence-electron chi connectivity index (χ0n) is 16.2. The molecule has 1 aliphatic rings. The third kappa shape index (κ3) is 11.7. The molecule has 158 valence electrons. The smallest absolute Gasteiger partial charge is 0.383 e. The maximum absolute atomic E-state index is 12.4. The number of guanidine groups is 1. The molecule has 0 aromatic heterocycles. The van der Waals surface area contributed by atoms with Crippen molar-refractivity contribution in [2.45, 2.75) is 32.4 Å². The summed E-state index contributed by atoms with van der Waals surface area (Å²) in [5.41, 5.74) is 0. The summed E-state index contributed by atoms with van der Waals surface area (Å²) in [6, 6.07) is 0. The van der Waals surface area contributed by atoms with Crippen molar-refractivity contribution in [3.8, 4) is 0 Å². The number of hydrogen-bond donors (Lipinski definition) is 3. The minimum absolute atomic E-state index is 0.0227. The predicted molar refractivity (Wildman–Crippen MR) is 98.7 cm³/mol. The van der Waals surface area contributed by atoms with Crippen molar-refractivity contribution in [2.75, 3.05) is 59.5 Å². The number of aliphatic imine (C=N–C) groups is 1. The summed E-state index contributed by atoms with van der Waals surface area (Å²) in [4.78, 5) is 17.4. The molecule has 1 heterocycles. The Bertz CT molecular complexity index is 452. The van der Waals surface area contributed by atoms with E-state index in [1.807, 2.05) is 6.92 Å². The van der Waals surface area contributed by atoms with Crippen LogP contribution >= 0.6 is 0 Å². The van der Waals surface area contributed by atoms with Crippen LogP contribution in [0.15, 0.2) is 4.99 Å². The van der Waals surface area contributed by atoms with E-state index in [2.05, 4.69) is 20.9 Å². The molecule has 1 rings (SSSR count). The summed E-state index contributed by atoms with van der Waals surface area (Å²) < 4.78 is 42.1. The highest BCUT2D eigenvalue weighted by molar-refractivity contribution is 5.84. The molecule has 0 saturated carbocycles. The van der Waals surface area contributed by atoms with Crippen molar-refractivity contribution in [1.29, 1.82) is 0 Å². The fourth-order valence-corrected chi connectivity index (χ4v) is 2.92. The number of likely N-dealkylation sites (tertiary alicyclic amines) is 1. The third-order valence-corrected chi connectivity index (χ3v) is 4.31. The number of nitrogens with one attached hydrogen (secondary N) is 3. The van der Waals surface area contributed by atoms with Crippen molar-refractivity contribution < 1.29 is 22.7 Å². The molecule has 0 atom stereocenters. The van der Waals surface area contributed by atoms with Gasteiger partial charge in [0.25, 0.3) is 0 Å². The fraction of sp³-hybridized carbons (Fsp3) is 0.882. The van der Waals surface area contributed by atoms with Crippen LogP contribution in [-0.2, 0) is 9.53 Å². The van der Waals surface area contributed by atoms with E-state index in [1.165, 1.54) is 4.90 Å². The second kappa shape index (κ2) is 12.8. The van der Waals surface area contributed by atoms with Gasteiger partial charge in [0, 0.05) is 26.7 Å². The van der Waals surface area contributed by atoms with Crippen molar-refractivity contribution in [1.82, 2.24) is 20.9 Å². The molecule has 1 saturated heterocycles. The van der Waals surface area contributed by atoms with E-state index in [-0.39, 0.29) is 12.5 Å². The monoisotopic (exact) mass is 395 g/mol. The summed E-state index contributed by atoms with van der Waals surface area (Å²) in [6.45, 7) is 4.36. The normalized spacial score (nSPS) is 17.0. The van der Waals surface area contributed by atoms with E-state index < -0.39 is 12.7 Å². The number of hydrogen-bond acceptors (Lipinski definition) is 4. The van der Waals surface area contributed by atoms with E-state index >= 15 is 0 Å². The number of piperidine rings is 1. The van der Waals surface area contributed by atoms with Crippen molar-refractivity contribution in [2.24, 2.45) is 10.9 Å². The van der Waals surface area contributed by atoms with Gasteiger partial charge in [-0.25, -0.2) is 4.99 Å². The first kappa shape index (κ1) is 23.5. The largest absolute Gasteiger partial charge is 0.401 e. The second-order valence-corrected chi connectivity index (χ2v) is 6.59. The number of halogens is 3. The number of amides is 1. The van der Waals surface area contributed by atoms with Gasteiger partial charge in [-0.1, -0.05) is 0 Å². The van der Waals surface area contributed by atoms with Crippen LogP contribution in [0.4, 0.5) is 13.2 Å². The summed E-state index contributed by atoms with van der Waals surface area (Å²) in [6.07, 6.45) is -1.72. The number of alkyl halides is 3. The summed E-state index contributed by atoms with van der Waals surface area (Å²) >= 11 is 0. The van der Waals surface area contributed by atoms with Crippen LogP contribution in [0.2, 0.25) is 0 Å². The molecule has 3 N–H and O–H groups in total. The lowest BCUT2D eigenvalue weighted by atomic mass is 9.93. The number of methoxy groups -OCH3 is 1. The Balaban J connectivity index is 2.26. The van der Waals surface area contributed by atoms with Gasteiger partial charge < -0.3 is 20.7 Å². The number of nitrogens with zero attached hydrogens (tertiary/aromatic N) is 2. The topological polar surface area (TPSA) is 78.0 Å². The summed E-state index contributed by atoms with van der Waals surface area (Å²) in [5, 5.41) is 8.96. The number of rotatable bonds is 10. The first-order valence-corrected chi connectivity index (χ1v) is 9.41. The SMILES string of the molecule is CCNC(=NCC(=O)NCCOC)NCCC1CCN(CC(F)(F)F)CC1. The molecular weight excluding hydrogens is 363 g/mol. The highest BCUT2D eigenvalue weighted by Crippen LogP contribution is 2.23. The Morgan fingerprint density at radius 2 is 1.89 bits per heavy atom. The highest BCUT2D eigenvalue weighted by atomic mass is 19.4. The molecule has 0 unspecified atom stereocenters. The Morgan fingerprint density at radius 3 is 2.48 bits per heavy atom. The van der Waals surface area contributed by atoms with Gasteiger partial charge in [-0.2, -0.15) is 13.2 Å². The van der Waals surface area contributed by atoms with Crippen molar-refractivity contribution in [3.63, 3.8) is 0 Å². The molecular formula is C17H32F3N5O2. The van der Waals surface area contributed by atoms with Crippen LogP contribution in [0.3, 0.4) is 0 Å². The van der Waals surface area contributed by atoms with Crippen LogP contribution in [-0.4, -0.2) is 82.5 Å². The molecule has 0 aromatic rings. The Morgan fingerprint density at radius 1 is 1.19 bits per heavy atom. The minimum Gasteiger partial charge on any atom is -0.383 e. The molecule has 0 spiro atoms. The van der Waals surface area contributed by atoms with Crippen LogP contribution in [0.1, 0.15) is 26.2 Å². The summed E-state index contributed by atoms with van der Waals surface area (Å²) in [7, 11) is 1.57. The maximum Gasteiger partial charge on any atom is 0.401 e. The molecule has 0 radical (unpaired) electrons. The molecule has 10 heteroatoms. The van der Waals surface area contributed by atoms with Gasteiger partial charge in [0.2, 0.25) is 5.91 Å². The third-order valence-electron chi connectivity index (χ3n) is 4.31. The van der Waals surface area contributed by atoms with Gasteiger partial charge >= 0.3 is 6.18 Å². The summed E-state index contributed by atoms with van der Waals surface area (Å²) in [5.74, 6) is 0.789. The van der Waals surface area contributed by atoms with Gasteiger partial charge in [-0.3, -0.25) is 9.69 Å². The molecule has 0 aromatic carbocycles. The molecule has 7 nitrogen and oxygen atoms in total. The average Bonchev–Trinajstić information content (AvgIpc) is 2.60. The average molecular weight is 395 g/mol. The van der Waals surface area contributed by atoms with Crippen LogP contribution in [0.25, 0.3) is 0 Å². The van der Waals surface area contributed by atoms with E-state index in [1.54, 1.807) is 7.11 Å². The van der Waals surface area contributed by atoms with Crippen molar-refractivity contribution >= 4 is 11.9 Å². The molecule has 0 bridgehead atoms. The zero-order chi connectivity index (χ0) is 20.1. The molecule has 1 fully saturated rings. The highest BCUT2D eigenvalue weighted by Gasteiger charge is 2.32. The Labute approximate surface area is 159 Å². The van der Waals surface area contributed by atoms with Crippen LogP contribution in [0, 0.1) is 5.92 Å². The van der Waals surface area contributed by atoms with Crippen molar-refractivity contribution in [3.05, 3.63) is 0 Å². The molecule has 1 amide bonds. The molecule has 0 aliphatic carbocycles. The number of carbonyl (C=O) groups excluding carboxylic acids is 1. The standard InChI is InChI=1S/C17H32F3N5O2/c1-3-21-16(24-12-15(26)22-8-11-27-2)23-7-4-14-5-9-25(10-6-14)13-17(18,19)20/h14H,3-13H2,1-2H3,(H,22,26)(H2,21,23,24). The molecule has 27 heavy (non-hydrogen) atoms. The fourth-order valence-electron chi connectivity index (χ4n) is 2.92.